The van der Waals surface area contributed by atoms with Crippen LogP contribution in [0.25, 0.3) is 0 Å². The summed E-state index contributed by atoms with van der Waals surface area (Å²) in [6.07, 6.45) is 2.13. The fourth-order valence-electron chi connectivity index (χ4n) is 4.25. The van der Waals surface area contributed by atoms with Crippen LogP contribution in [0.2, 0.25) is 0 Å². The number of hydrogen-bond donors (Lipinski definition) is 2. The van der Waals surface area contributed by atoms with E-state index in [0.29, 0.717) is 17.4 Å². The Morgan fingerprint density at radius 3 is 1.95 bits per heavy atom. The molecule has 0 radical (unpaired) electrons. The first-order valence-corrected chi connectivity index (χ1v) is 13.4. The third-order valence-corrected chi connectivity index (χ3v) is 6.06. The fraction of sp³-hybridized carbons (Fsp3) is 0.692. The van der Waals surface area contributed by atoms with Gasteiger partial charge in [-0.05, 0) is 59.7 Å². The quantitative estimate of drug-likeness (QED) is 0.586. The normalized spacial score (nSPS) is 15.8. The molecule has 11 heteroatoms. The Hall–Kier alpha value is -2.76. The standard InChI is InChI=1S/C14H24N4O.C10H16N4O2.C2H6/c1-10(2)15-14(19)13-8-12-9-17(11(3)4)6-5-7-18(12)16-13;1-13-4-3-5-14-8(7-13)6-9(11-14)10(15)12-16-2;1-2/h8,10-11H,5-7,9H2,1-4H3,(H,15,19);6H,3-5,7H2,1-2H3,(H,12,15);1-2H3. The van der Waals surface area contributed by atoms with Crippen molar-refractivity contribution in [1.29, 1.82) is 0 Å². The molecule has 2 aliphatic rings. The van der Waals surface area contributed by atoms with Gasteiger partial charge in [0.1, 0.15) is 5.69 Å². The highest BCUT2D eigenvalue weighted by Crippen LogP contribution is 2.16. The smallest absolute Gasteiger partial charge is 0.295 e. The summed E-state index contributed by atoms with van der Waals surface area (Å²) in [5.41, 5.74) is 5.42. The molecule has 0 bridgehead atoms. The summed E-state index contributed by atoms with van der Waals surface area (Å²) in [6.45, 7) is 17.9. The summed E-state index contributed by atoms with van der Waals surface area (Å²) in [5.74, 6) is -0.377. The second-order valence-electron chi connectivity index (χ2n) is 9.76. The lowest BCUT2D eigenvalue weighted by molar-refractivity contribution is 0.0531. The lowest BCUT2D eigenvalue weighted by Crippen LogP contribution is -2.31. The predicted molar refractivity (Wildman–Crippen MR) is 144 cm³/mol. The second-order valence-corrected chi connectivity index (χ2v) is 9.76. The Morgan fingerprint density at radius 2 is 1.41 bits per heavy atom. The third-order valence-electron chi connectivity index (χ3n) is 6.06. The van der Waals surface area contributed by atoms with Crippen molar-refractivity contribution >= 4 is 11.8 Å². The third kappa shape index (κ3) is 8.94. The van der Waals surface area contributed by atoms with Gasteiger partial charge in [-0.1, -0.05) is 13.8 Å². The molecule has 4 heterocycles. The van der Waals surface area contributed by atoms with Crippen molar-refractivity contribution in [3.8, 4) is 0 Å². The van der Waals surface area contributed by atoms with Crippen LogP contribution in [0.15, 0.2) is 12.1 Å². The molecule has 2 aliphatic heterocycles. The van der Waals surface area contributed by atoms with Crippen LogP contribution in [0.4, 0.5) is 0 Å². The molecule has 37 heavy (non-hydrogen) atoms. The molecule has 4 rings (SSSR count). The number of rotatable bonds is 5. The SMILES string of the molecule is CC.CC(C)NC(=O)c1cc2n(n1)CCCN(C(C)C)C2.CONC(=O)c1cc2n(n1)CCCN(C)C2. The zero-order valence-electron chi connectivity index (χ0n) is 23.9. The molecule has 0 spiro atoms. The Morgan fingerprint density at radius 1 is 0.865 bits per heavy atom. The van der Waals surface area contributed by atoms with Crippen LogP contribution in [0, 0.1) is 0 Å². The van der Waals surface area contributed by atoms with Crippen LogP contribution in [0.1, 0.15) is 86.7 Å². The molecule has 2 aromatic heterocycles. The summed E-state index contributed by atoms with van der Waals surface area (Å²) in [6, 6.07) is 4.41. The van der Waals surface area contributed by atoms with Gasteiger partial charge in [0, 0.05) is 51.4 Å². The molecule has 2 amide bonds. The molecule has 0 atom stereocenters. The first kappa shape index (κ1) is 30.5. The highest BCUT2D eigenvalue weighted by atomic mass is 16.6. The number of fused-ring (bicyclic) bond motifs is 2. The van der Waals surface area contributed by atoms with Crippen LogP contribution in [-0.2, 0) is 31.0 Å². The van der Waals surface area contributed by atoms with Crippen molar-refractivity contribution in [1.82, 2.24) is 40.2 Å². The molecule has 0 aromatic carbocycles. The molecule has 2 aromatic rings. The van der Waals surface area contributed by atoms with E-state index in [4.69, 9.17) is 0 Å². The highest BCUT2D eigenvalue weighted by molar-refractivity contribution is 5.92. The van der Waals surface area contributed by atoms with E-state index in [2.05, 4.69) is 56.5 Å². The Balaban J connectivity index is 0.000000247. The first-order valence-electron chi connectivity index (χ1n) is 13.4. The molecule has 208 valence electrons. The van der Waals surface area contributed by atoms with E-state index in [1.54, 1.807) is 0 Å². The number of hydroxylamine groups is 1. The molecule has 0 unspecified atom stereocenters. The van der Waals surface area contributed by atoms with Crippen molar-refractivity contribution in [3.05, 3.63) is 34.9 Å². The van der Waals surface area contributed by atoms with Crippen molar-refractivity contribution in [2.45, 2.75) is 92.6 Å². The van der Waals surface area contributed by atoms with Gasteiger partial charge in [0.05, 0.1) is 18.5 Å². The topological polar surface area (TPSA) is 110 Å². The minimum absolute atomic E-state index is 0.0772. The van der Waals surface area contributed by atoms with Crippen molar-refractivity contribution in [2.75, 3.05) is 27.2 Å². The zero-order valence-corrected chi connectivity index (χ0v) is 23.9. The molecular weight excluding hydrogens is 472 g/mol. The summed E-state index contributed by atoms with van der Waals surface area (Å²) < 4.78 is 3.88. The minimum Gasteiger partial charge on any atom is -0.348 e. The number of carbonyl (C=O) groups is 2. The molecule has 0 saturated carbocycles. The van der Waals surface area contributed by atoms with Crippen LogP contribution < -0.4 is 10.8 Å². The number of nitrogens with one attached hydrogen (secondary N) is 2. The largest absolute Gasteiger partial charge is 0.348 e. The van der Waals surface area contributed by atoms with Gasteiger partial charge in [-0.2, -0.15) is 10.2 Å². The maximum atomic E-state index is 12.0. The van der Waals surface area contributed by atoms with Crippen molar-refractivity contribution in [2.24, 2.45) is 0 Å². The van der Waals surface area contributed by atoms with Gasteiger partial charge in [-0.15, -0.1) is 0 Å². The summed E-state index contributed by atoms with van der Waals surface area (Å²) >= 11 is 0. The number of aryl methyl sites for hydroxylation is 2. The van der Waals surface area contributed by atoms with Crippen LogP contribution >= 0.6 is 0 Å². The summed E-state index contributed by atoms with van der Waals surface area (Å²) in [4.78, 5) is 32.7. The maximum absolute atomic E-state index is 12.0. The van der Waals surface area contributed by atoms with E-state index in [0.717, 1.165) is 63.5 Å². The predicted octanol–water partition coefficient (Wildman–Crippen LogP) is 2.67. The van der Waals surface area contributed by atoms with Gasteiger partial charge in [-0.3, -0.25) is 28.7 Å². The Bertz CT molecular complexity index is 998. The number of aromatic nitrogens is 4. The van der Waals surface area contributed by atoms with Crippen LogP contribution in [0.5, 0.6) is 0 Å². The molecule has 0 aliphatic carbocycles. The van der Waals surface area contributed by atoms with Gasteiger partial charge in [0.15, 0.2) is 5.69 Å². The second kappa shape index (κ2) is 14.8. The lowest BCUT2D eigenvalue weighted by Gasteiger charge is -2.23. The lowest BCUT2D eigenvalue weighted by atomic mass is 10.2. The fourth-order valence-corrected chi connectivity index (χ4v) is 4.25. The van der Waals surface area contributed by atoms with E-state index in [1.807, 2.05) is 49.2 Å². The summed E-state index contributed by atoms with van der Waals surface area (Å²) in [5, 5.41) is 11.6. The first-order chi connectivity index (χ1) is 17.7. The monoisotopic (exact) mass is 518 g/mol. The molecule has 0 fully saturated rings. The Kier molecular flexibility index (Phi) is 12.2. The Labute approximate surface area is 221 Å². The van der Waals surface area contributed by atoms with E-state index in [1.165, 1.54) is 7.11 Å². The van der Waals surface area contributed by atoms with Gasteiger partial charge in [-0.25, -0.2) is 5.48 Å². The van der Waals surface area contributed by atoms with Crippen LogP contribution in [0.3, 0.4) is 0 Å². The van der Waals surface area contributed by atoms with Gasteiger partial charge in [0.2, 0.25) is 0 Å². The van der Waals surface area contributed by atoms with Gasteiger partial charge < -0.3 is 10.2 Å². The van der Waals surface area contributed by atoms with Gasteiger partial charge >= 0.3 is 0 Å². The average molecular weight is 519 g/mol. The van der Waals surface area contributed by atoms with Crippen molar-refractivity contribution < 1.29 is 14.4 Å². The van der Waals surface area contributed by atoms with Gasteiger partial charge in [0.25, 0.3) is 11.8 Å². The van der Waals surface area contributed by atoms with E-state index in [9.17, 15) is 9.59 Å². The highest BCUT2D eigenvalue weighted by Gasteiger charge is 2.21. The zero-order chi connectivity index (χ0) is 27.5. The molecule has 2 N–H and O–H groups in total. The molecular formula is C26H46N8O3. The van der Waals surface area contributed by atoms with E-state index >= 15 is 0 Å². The number of amides is 2. The number of carbonyl (C=O) groups excluding carboxylic acids is 2. The van der Waals surface area contributed by atoms with E-state index < -0.39 is 0 Å². The number of hydrogen-bond acceptors (Lipinski definition) is 7. The van der Waals surface area contributed by atoms with Crippen molar-refractivity contribution in [3.63, 3.8) is 0 Å². The number of nitrogens with zero attached hydrogens (tertiary/aromatic N) is 6. The maximum Gasteiger partial charge on any atom is 0.295 e. The molecule has 11 nitrogen and oxygen atoms in total. The van der Waals surface area contributed by atoms with Crippen LogP contribution in [-0.4, -0.2) is 80.5 Å². The van der Waals surface area contributed by atoms with E-state index in [-0.39, 0.29) is 17.9 Å². The molecule has 0 saturated heterocycles. The summed E-state index contributed by atoms with van der Waals surface area (Å²) in [7, 11) is 3.48. The minimum atomic E-state index is -0.300. The average Bonchev–Trinajstić information content (AvgIpc) is 3.32.